The van der Waals surface area contributed by atoms with Gasteiger partial charge in [-0.15, -0.1) is 0 Å². The largest absolute Gasteiger partial charge is 0.381 e. The summed E-state index contributed by atoms with van der Waals surface area (Å²) in [6, 6.07) is 2.63. The van der Waals surface area contributed by atoms with Crippen LogP contribution in [0.15, 0.2) is 0 Å². The minimum Gasteiger partial charge on any atom is -0.381 e. The van der Waals surface area contributed by atoms with E-state index in [1.807, 2.05) is 0 Å². The van der Waals surface area contributed by atoms with E-state index in [0.717, 1.165) is 38.4 Å². The standard InChI is InChI=1S/C15H25NO/c1-12(2)5-7-17-8-6-15(11-16)10-13-3-4-14(15)9-13/h12-14H,3-10H2,1-2H3. The van der Waals surface area contributed by atoms with Crippen molar-refractivity contribution in [2.45, 2.75) is 52.4 Å². The average molecular weight is 235 g/mol. The van der Waals surface area contributed by atoms with Gasteiger partial charge in [0.25, 0.3) is 0 Å². The third-order valence-electron chi connectivity index (χ3n) is 4.73. The van der Waals surface area contributed by atoms with E-state index in [9.17, 15) is 5.26 Å². The second kappa shape index (κ2) is 5.40. The third-order valence-corrected chi connectivity index (χ3v) is 4.73. The molecular formula is C15H25NO. The summed E-state index contributed by atoms with van der Waals surface area (Å²) in [6.45, 7) is 6.07. The van der Waals surface area contributed by atoms with Crippen LogP contribution in [0.1, 0.15) is 52.4 Å². The molecule has 2 heteroatoms. The fourth-order valence-corrected chi connectivity index (χ4v) is 3.62. The van der Waals surface area contributed by atoms with Crippen LogP contribution >= 0.6 is 0 Å². The first-order valence-corrected chi connectivity index (χ1v) is 7.15. The van der Waals surface area contributed by atoms with Crippen molar-refractivity contribution in [2.75, 3.05) is 13.2 Å². The molecule has 3 unspecified atom stereocenters. The van der Waals surface area contributed by atoms with Crippen molar-refractivity contribution < 1.29 is 4.74 Å². The third kappa shape index (κ3) is 2.83. The molecule has 2 aliphatic rings. The molecule has 2 aliphatic carbocycles. The molecule has 3 atom stereocenters. The summed E-state index contributed by atoms with van der Waals surface area (Å²) in [4.78, 5) is 0. The van der Waals surface area contributed by atoms with E-state index in [4.69, 9.17) is 4.74 Å². The van der Waals surface area contributed by atoms with E-state index >= 15 is 0 Å². The molecule has 0 aromatic heterocycles. The molecule has 96 valence electrons. The number of fused-ring (bicyclic) bond motifs is 2. The van der Waals surface area contributed by atoms with E-state index in [1.165, 1.54) is 19.3 Å². The van der Waals surface area contributed by atoms with Crippen molar-refractivity contribution >= 4 is 0 Å². The van der Waals surface area contributed by atoms with Crippen LogP contribution in [0, 0.1) is 34.5 Å². The van der Waals surface area contributed by atoms with Crippen LogP contribution in [0.2, 0.25) is 0 Å². The summed E-state index contributed by atoms with van der Waals surface area (Å²) in [7, 11) is 0. The summed E-state index contributed by atoms with van der Waals surface area (Å²) in [5.41, 5.74) is -0.0270. The molecule has 0 N–H and O–H groups in total. The van der Waals surface area contributed by atoms with Gasteiger partial charge in [0.2, 0.25) is 0 Å². The Kier molecular flexibility index (Phi) is 4.09. The Hall–Kier alpha value is -0.550. The fourth-order valence-electron chi connectivity index (χ4n) is 3.62. The number of ether oxygens (including phenoxy) is 1. The van der Waals surface area contributed by atoms with Gasteiger partial charge in [-0.1, -0.05) is 20.3 Å². The Labute approximate surface area is 105 Å². The maximum Gasteiger partial charge on any atom is 0.0693 e. The zero-order valence-corrected chi connectivity index (χ0v) is 11.2. The van der Waals surface area contributed by atoms with E-state index in [2.05, 4.69) is 19.9 Å². The van der Waals surface area contributed by atoms with Crippen molar-refractivity contribution in [3.05, 3.63) is 0 Å². The molecule has 2 bridgehead atoms. The number of hydrogen-bond acceptors (Lipinski definition) is 2. The molecular weight excluding hydrogens is 210 g/mol. The smallest absolute Gasteiger partial charge is 0.0693 e. The minimum atomic E-state index is -0.0270. The molecule has 0 aromatic carbocycles. The maximum absolute atomic E-state index is 9.48. The van der Waals surface area contributed by atoms with Crippen LogP contribution in [-0.2, 0) is 4.74 Å². The van der Waals surface area contributed by atoms with E-state index in [1.54, 1.807) is 0 Å². The molecule has 0 aromatic rings. The molecule has 2 nitrogen and oxygen atoms in total. The van der Waals surface area contributed by atoms with Crippen LogP contribution in [0.25, 0.3) is 0 Å². The zero-order valence-electron chi connectivity index (χ0n) is 11.2. The predicted octanol–water partition coefficient (Wildman–Crippen LogP) is 3.77. The first-order chi connectivity index (χ1) is 8.16. The number of rotatable bonds is 6. The lowest BCUT2D eigenvalue weighted by Gasteiger charge is -2.30. The maximum atomic E-state index is 9.48. The second-order valence-electron chi connectivity index (χ2n) is 6.39. The van der Waals surface area contributed by atoms with Gasteiger partial charge in [0.1, 0.15) is 0 Å². The number of nitriles is 1. The van der Waals surface area contributed by atoms with Crippen molar-refractivity contribution in [3.8, 4) is 6.07 Å². The van der Waals surface area contributed by atoms with Crippen LogP contribution in [0.4, 0.5) is 0 Å². The molecule has 0 saturated heterocycles. The molecule has 2 saturated carbocycles. The SMILES string of the molecule is CC(C)CCOCCC1(C#N)CC2CCC1C2. The van der Waals surface area contributed by atoms with Gasteiger partial charge in [-0.25, -0.2) is 0 Å². The molecule has 2 rings (SSSR count). The van der Waals surface area contributed by atoms with Gasteiger partial charge in [-0.2, -0.15) is 5.26 Å². The molecule has 0 heterocycles. The van der Waals surface area contributed by atoms with Gasteiger partial charge in [0, 0.05) is 13.2 Å². The van der Waals surface area contributed by atoms with Gasteiger partial charge >= 0.3 is 0 Å². The van der Waals surface area contributed by atoms with Gasteiger partial charge < -0.3 is 4.74 Å². The molecule has 17 heavy (non-hydrogen) atoms. The lowest BCUT2D eigenvalue weighted by Crippen LogP contribution is -2.27. The highest BCUT2D eigenvalue weighted by Crippen LogP contribution is 2.57. The first-order valence-electron chi connectivity index (χ1n) is 7.15. The highest BCUT2D eigenvalue weighted by Gasteiger charge is 2.50. The average Bonchev–Trinajstić information content (AvgIpc) is 2.88. The molecule has 0 radical (unpaired) electrons. The monoisotopic (exact) mass is 235 g/mol. The van der Waals surface area contributed by atoms with Gasteiger partial charge in [0.15, 0.2) is 0 Å². The van der Waals surface area contributed by atoms with E-state index in [-0.39, 0.29) is 5.41 Å². The molecule has 0 aliphatic heterocycles. The first kappa shape index (κ1) is 12.9. The Morgan fingerprint density at radius 1 is 1.35 bits per heavy atom. The molecule has 2 fully saturated rings. The summed E-state index contributed by atoms with van der Waals surface area (Å²) >= 11 is 0. The van der Waals surface area contributed by atoms with Crippen LogP contribution in [0.5, 0.6) is 0 Å². The molecule has 0 spiro atoms. The van der Waals surface area contributed by atoms with Crippen LogP contribution in [0.3, 0.4) is 0 Å². The minimum absolute atomic E-state index is 0.0270. The Balaban J connectivity index is 1.72. The second-order valence-corrected chi connectivity index (χ2v) is 6.39. The number of nitrogens with zero attached hydrogens (tertiary/aromatic N) is 1. The Morgan fingerprint density at radius 2 is 2.18 bits per heavy atom. The summed E-state index contributed by atoms with van der Waals surface area (Å²) < 4.78 is 5.69. The number of hydrogen-bond donors (Lipinski definition) is 0. The van der Waals surface area contributed by atoms with Gasteiger partial charge in [-0.3, -0.25) is 0 Å². The topological polar surface area (TPSA) is 33.0 Å². The lowest BCUT2D eigenvalue weighted by atomic mass is 9.72. The van der Waals surface area contributed by atoms with Crippen molar-refractivity contribution in [3.63, 3.8) is 0 Å². The summed E-state index contributed by atoms with van der Waals surface area (Å²) in [6.07, 6.45) is 7.18. The molecule has 0 amide bonds. The van der Waals surface area contributed by atoms with Crippen molar-refractivity contribution in [1.29, 1.82) is 5.26 Å². The van der Waals surface area contributed by atoms with Crippen LogP contribution in [-0.4, -0.2) is 13.2 Å². The summed E-state index contributed by atoms with van der Waals surface area (Å²) in [5, 5.41) is 9.48. The lowest BCUT2D eigenvalue weighted by molar-refractivity contribution is 0.0840. The normalized spacial score (nSPS) is 35.4. The van der Waals surface area contributed by atoms with Crippen molar-refractivity contribution in [1.82, 2.24) is 0 Å². The predicted molar refractivity (Wildman–Crippen MR) is 68.4 cm³/mol. The van der Waals surface area contributed by atoms with Gasteiger partial charge in [0.05, 0.1) is 11.5 Å². The zero-order chi connectivity index (χ0) is 12.3. The van der Waals surface area contributed by atoms with E-state index < -0.39 is 0 Å². The highest BCUT2D eigenvalue weighted by atomic mass is 16.5. The quantitative estimate of drug-likeness (QED) is 0.657. The van der Waals surface area contributed by atoms with Crippen LogP contribution < -0.4 is 0 Å². The van der Waals surface area contributed by atoms with Gasteiger partial charge in [-0.05, 0) is 49.9 Å². The highest BCUT2D eigenvalue weighted by molar-refractivity contribution is 5.11. The Bertz CT molecular complexity index is 294. The Morgan fingerprint density at radius 3 is 2.71 bits per heavy atom. The van der Waals surface area contributed by atoms with Crippen molar-refractivity contribution in [2.24, 2.45) is 23.2 Å². The summed E-state index contributed by atoms with van der Waals surface area (Å²) in [5.74, 6) is 2.23. The van der Waals surface area contributed by atoms with E-state index in [0.29, 0.717) is 11.8 Å². The fraction of sp³-hybridized carbons (Fsp3) is 0.933.